The molecule has 1 aliphatic heterocycles. The summed E-state index contributed by atoms with van der Waals surface area (Å²) in [4.78, 5) is 18.1. The lowest BCUT2D eigenvalue weighted by atomic mass is 10.0. The number of hydrogen-bond donors (Lipinski definition) is 0. The number of pyridine rings is 1. The molecular formula is C25H22F4N2O5S. The van der Waals surface area contributed by atoms with Gasteiger partial charge in [0, 0.05) is 35.5 Å². The minimum absolute atomic E-state index is 0.139. The summed E-state index contributed by atoms with van der Waals surface area (Å²) in [6, 6.07) is 7.48. The van der Waals surface area contributed by atoms with Crippen LogP contribution in [0, 0.1) is 12.7 Å². The molecule has 0 bridgehead atoms. The summed E-state index contributed by atoms with van der Waals surface area (Å²) < 4.78 is 90.7. The van der Waals surface area contributed by atoms with Crippen molar-refractivity contribution in [3.8, 4) is 16.9 Å². The van der Waals surface area contributed by atoms with Crippen LogP contribution < -0.4 is 9.64 Å². The first kappa shape index (κ1) is 26.6. The van der Waals surface area contributed by atoms with Crippen molar-refractivity contribution in [3.05, 3.63) is 71.3 Å². The molecule has 2 aromatic carbocycles. The van der Waals surface area contributed by atoms with E-state index in [0.29, 0.717) is 29.0 Å². The quantitative estimate of drug-likeness (QED) is 0.424. The van der Waals surface area contributed by atoms with Crippen molar-refractivity contribution in [2.24, 2.45) is 0 Å². The number of carbonyl (C=O) groups is 1. The largest absolute Gasteiger partial charge is 0.496 e. The molecule has 0 radical (unpaired) electrons. The van der Waals surface area contributed by atoms with E-state index in [1.807, 2.05) is 0 Å². The van der Waals surface area contributed by atoms with Crippen LogP contribution in [0.4, 0.5) is 23.2 Å². The maximum Gasteiger partial charge on any atom is 0.416 e. The van der Waals surface area contributed by atoms with Crippen molar-refractivity contribution in [2.75, 3.05) is 32.3 Å². The zero-order chi connectivity index (χ0) is 27.1. The van der Waals surface area contributed by atoms with Crippen molar-refractivity contribution >= 4 is 21.4 Å². The first-order valence-electron chi connectivity index (χ1n) is 11.0. The number of aryl methyl sites for hydroxylation is 1. The van der Waals surface area contributed by atoms with Crippen molar-refractivity contribution < 1.29 is 40.2 Å². The number of benzene rings is 2. The van der Waals surface area contributed by atoms with E-state index < -0.39 is 49.0 Å². The molecule has 0 aliphatic carbocycles. The Kier molecular flexibility index (Phi) is 6.99. The predicted octanol–water partition coefficient (Wildman–Crippen LogP) is 4.67. The average Bonchev–Trinajstić information content (AvgIpc) is 2.80. The topological polar surface area (TPSA) is 85.8 Å². The van der Waals surface area contributed by atoms with E-state index in [4.69, 9.17) is 9.47 Å². The van der Waals surface area contributed by atoms with Gasteiger partial charge in [-0.2, -0.15) is 13.2 Å². The second kappa shape index (κ2) is 9.75. The number of ether oxygens (including phenoxy) is 2. The van der Waals surface area contributed by atoms with Crippen LogP contribution in [-0.2, 0) is 20.8 Å². The second-order valence-corrected chi connectivity index (χ2v) is 10.7. The number of amides is 1. The highest BCUT2D eigenvalue weighted by Gasteiger charge is 2.38. The molecule has 4 rings (SSSR count). The zero-order valence-electron chi connectivity index (χ0n) is 20.0. The van der Waals surface area contributed by atoms with E-state index in [2.05, 4.69) is 4.98 Å². The van der Waals surface area contributed by atoms with Crippen molar-refractivity contribution in [1.29, 1.82) is 0 Å². The Labute approximate surface area is 210 Å². The summed E-state index contributed by atoms with van der Waals surface area (Å²) in [6.07, 6.45) is -3.55. The number of halogens is 4. The fraction of sp³-hybridized carbons (Fsp3) is 0.280. The average molecular weight is 539 g/mol. The number of hydrogen-bond acceptors (Lipinski definition) is 6. The Morgan fingerprint density at radius 3 is 2.41 bits per heavy atom. The van der Waals surface area contributed by atoms with Crippen molar-refractivity contribution in [1.82, 2.24) is 4.98 Å². The normalized spacial score (nSPS) is 14.2. The fourth-order valence-electron chi connectivity index (χ4n) is 3.86. The summed E-state index contributed by atoms with van der Waals surface area (Å²) in [5, 5.41) is -0.990. The molecular weight excluding hydrogens is 516 g/mol. The molecule has 37 heavy (non-hydrogen) atoms. The lowest BCUT2D eigenvalue weighted by Gasteiger charge is -2.26. The van der Waals surface area contributed by atoms with Crippen LogP contribution in [0.5, 0.6) is 5.75 Å². The van der Waals surface area contributed by atoms with Crippen LogP contribution in [0.25, 0.3) is 11.1 Å². The van der Waals surface area contributed by atoms with Gasteiger partial charge in [-0.3, -0.25) is 9.78 Å². The van der Waals surface area contributed by atoms with E-state index >= 15 is 0 Å². The molecule has 196 valence electrons. The predicted molar refractivity (Wildman–Crippen MR) is 127 cm³/mol. The third-order valence-corrected chi connectivity index (χ3v) is 8.04. The van der Waals surface area contributed by atoms with E-state index in [9.17, 15) is 30.8 Å². The summed E-state index contributed by atoms with van der Waals surface area (Å²) in [7, 11) is -1.49. The van der Waals surface area contributed by atoms with Gasteiger partial charge in [-0.25, -0.2) is 12.8 Å². The Hall–Kier alpha value is -3.51. The molecule has 0 unspecified atom stereocenters. The number of carbonyl (C=O) groups excluding carboxylic acids is 1. The van der Waals surface area contributed by atoms with Crippen LogP contribution in [0.1, 0.15) is 21.6 Å². The third-order valence-electron chi connectivity index (χ3n) is 6.00. The molecule has 0 spiro atoms. The number of anilines is 1. The molecule has 12 heteroatoms. The molecule has 0 N–H and O–H groups in total. The van der Waals surface area contributed by atoms with E-state index in [0.717, 1.165) is 17.0 Å². The Balaban J connectivity index is 1.83. The van der Waals surface area contributed by atoms with Crippen LogP contribution in [0.3, 0.4) is 0 Å². The van der Waals surface area contributed by atoms with Gasteiger partial charge in [0.2, 0.25) is 0 Å². The minimum atomic E-state index is -4.90. The Morgan fingerprint density at radius 1 is 1.11 bits per heavy atom. The molecule has 0 atom stereocenters. The van der Waals surface area contributed by atoms with E-state index in [-0.39, 0.29) is 24.7 Å². The number of rotatable bonds is 6. The third kappa shape index (κ3) is 5.16. The maximum atomic E-state index is 13.8. The Bertz CT molecular complexity index is 1470. The van der Waals surface area contributed by atoms with Gasteiger partial charge in [-0.15, -0.1) is 0 Å². The summed E-state index contributed by atoms with van der Waals surface area (Å²) in [5.74, 6) is -1.28. The van der Waals surface area contributed by atoms with E-state index in [1.165, 1.54) is 32.5 Å². The van der Waals surface area contributed by atoms with Crippen LogP contribution in [-0.4, -0.2) is 51.9 Å². The van der Waals surface area contributed by atoms with Gasteiger partial charge in [-0.1, -0.05) is 0 Å². The molecule has 1 fully saturated rings. The molecule has 1 saturated heterocycles. The highest BCUT2D eigenvalue weighted by molar-refractivity contribution is 7.92. The SMILES string of the molecule is COc1cc(F)ccc1-c1cc(C)ncc1N(C)C(=O)c1cc(C(F)(F)F)cc(S(=O)(=O)C2COC2)c1. The van der Waals surface area contributed by atoms with E-state index in [1.54, 1.807) is 13.0 Å². The lowest BCUT2D eigenvalue weighted by molar-refractivity contribution is -0.137. The lowest BCUT2D eigenvalue weighted by Crippen LogP contribution is -2.40. The fourth-order valence-corrected chi connectivity index (χ4v) is 5.38. The number of alkyl halides is 3. The van der Waals surface area contributed by atoms with Gasteiger partial charge in [-0.05, 0) is 43.3 Å². The highest BCUT2D eigenvalue weighted by atomic mass is 32.2. The molecule has 7 nitrogen and oxygen atoms in total. The van der Waals surface area contributed by atoms with Gasteiger partial charge in [0.1, 0.15) is 16.8 Å². The van der Waals surface area contributed by atoms with Gasteiger partial charge in [0.05, 0.1) is 42.7 Å². The maximum absolute atomic E-state index is 13.8. The molecule has 0 saturated carbocycles. The standard InChI is InChI=1S/C25H22F4N2O5S/c1-14-6-21(20-5-4-17(26)10-23(20)35-3)22(11-30-14)31(2)24(32)15-7-16(25(27,28)29)9-18(8-15)37(33,34)19-12-36-13-19/h4-11,19H,12-13H2,1-3H3. The summed E-state index contributed by atoms with van der Waals surface area (Å²) >= 11 is 0. The number of aromatic nitrogens is 1. The molecule has 3 aromatic rings. The smallest absolute Gasteiger partial charge is 0.416 e. The van der Waals surface area contributed by atoms with Crippen LogP contribution in [0.2, 0.25) is 0 Å². The van der Waals surface area contributed by atoms with Gasteiger partial charge < -0.3 is 14.4 Å². The van der Waals surface area contributed by atoms with Gasteiger partial charge in [0.25, 0.3) is 5.91 Å². The van der Waals surface area contributed by atoms with Gasteiger partial charge in [0.15, 0.2) is 9.84 Å². The van der Waals surface area contributed by atoms with Crippen LogP contribution in [0.15, 0.2) is 53.6 Å². The van der Waals surface area contributed by atoms with Crippen molar-refractivity contribution in [2.45, 2.75) is 23.2 Å². The molecule has 1 aromatic heterocycles. The highest BCUT2D eigenvalue weighted by Crippen LogP contribution is 2.38. The molecule has 1 aliphatic rings. The van der Waals surface area contributed by atoms with Gasteiger partial charge >= 0.3 is 6.18 Å². The minimum Gasteiger partial charge on any atom is -0.496 e. The summed E-state index contributed by atoms with van der Waals surface area (Å²) in [5.41, 5.74) is -0.175. The van der Waals surface area contributed by atoms with Crippen LogP contribution >= 0.6 is 0 Å². The number of sulfone groups is 1. The Morgan fingerprint density at radius 2 is 1.81 bits per heavy atom. The monoisotopic (exact) mass is 538 g/mol. The second-order valence-electron chi connectivity index (χ2n) is 8.50. The summed E-state index contributed by atoms with van der Waals surface area (Å²) in [6.45, 7) is 1.42. The van der Waals surface area contributed by atoms with Crippen molar-refractivity contribution in [3.63, 3.8) is 0 Å². The molecule has 1 amide bonds. The first-order chi connectivity index (χ1) is 17.3. The number of methoxy groups -OCH3 is 1. The number of nitrogens with zero attached hydrogens (tertiary/aromatic N) is 2. The molecule has 2 heterocycles. The zero-order valence-corrected chi connectivity index (χ0v) is 20.8. The first-order valence-corrected chi connectivity index (χ1v) is 12.5.